The third-order valence-electron chi connectivity index (χ3n) is 5.36. The zero-order chi connectivity index (χ0) is 17.8. The molecule has 0 aliphatic carbocycles. The van der Waals surface area contributed by atoms with Crippen molar-refractivity contribution in [1.82, 2.24) is 20.4 Å². The summed E-state index contributed by atoms with van der Waals surface area (Å²) in [5, 5.41) is 5.83. The van der Waals surface area contributed by atoms with Gasteiger partial charge in [0.25, 0.3) is 0 Å². The molecule has 136 valence electrons. The number of amides is 3. The lowest BCUT2D eigenvalue weighted by molar-refractivity contribution is -0.128. The van der Waals surface area contributed by atoms with Gasteiger partial charge in [-0.05, 0) is 37.8 Å². The number of rotatable bonds is 5. The van der Waals surface area contributed by atoms with Crippen molar-refractivity contribution in [3.05, 3.63) is 35.9 Å². The first-order valence-electron chi connectivity index (χ1n) is 9.11. The Morgan fingerprint density at radius 3 is 2.68 bits per heavy atom. The maximum Gasteiger partial charge on any atom is 0.315 e. The Hall–Kier alpha value is -2.08. The highest BCUT2D eigenvalue weighted by molar-refractivity contribution is 5.88. The number of hydrogen-bond acceptors (Lipinski definition) is 3. The molecule has 2 aliphatic heterocycles. The van der Waals surface area contributed by atoms with Crippen LogP contribution in [0.4, 0.5) is 4.79 Å². The SMILES string of the molecule is CC(NC(=O)NC1CCN(C)C1=O)C1CCN(Cc2ccccc2)C1. The number of likely N-dealkylation sites (N-methyl/N-ethyl adjacent to an activating group) is 1. The van der Waals surface area contributed by atoms with E-state index in [-0.39, 0.29) is 24.0 Å². The van der Waals surface area contributed by atoms with E-state index < -0.39 is 0 Å². The molecule has 0 spiro atoms. The molecule has 2 saturated heterocycles. The Labute approximate surface area is 149 Å². The largest absolute Gasteiger partial charge is 0.344 e. The molecule has 1 aromatic rings. The van der Waals surface area contributed by atoms with Crippen LogP contribution >= 0.6 is 0 Å². The van der Waals surface area contributed by atoms with Crippen molar-refractivity contribution in [2.75, 3.05) is 26.7 Å². The van der Waals surface area contributed by atoms with Crippen LogP contribution in [0.25, 0.3) is 0 Å². The average molecular weight is 344 g/mol. The number of urea groups is 1. The Balaban J connectivity index is 1.43. The van der Waals surface area contributed by atoms with Crippen molar-refractivity contribution in [3.63, 3.8) is 0 Å². The summed E-state index contributed by atoms with van der Waals surface area (Å²) in [5.74, 6) is 0.439. The van der Waals surface area contributed by atoms with Crippen LogP contribution in [0, 0.1) is 5.92 Å². The minimum absolute atomic E-state index is 0.00212. The number of carbonyl (C=O) groups is 2. The molecule has 2 N–H and O–H groups in total. The maximum absolute atomic E-state index is 12.2. The average Bonchev–Trinajstić information content (AvgIpc) is 3.18. The minimum atomic E-state index is -0.379. The lowest BCUT2D eigenvalue weighted by atomic mass is 10.0. The molecule has 0 saturated carbocycles. The van der Waals surface area contributed by atoms with E-state index in [0.717, 1.165) is 26.1 Å². The zero-order valence-electron chi connectivity index (χ0n) is 15.1. The molecule has 3 atom stereocenters. The molecule has 0 radical (unpaired) electrons. The minimum Gasteiger partial charge on any atom is -0.344 e. The van der Waals surface area contributed by atoms with Crippen LogP contribution in [0.3, 0.4) is 0 Å². The summed E-state index contributed by atoms with van der Waals surface area (Å²) in [5.41, 5.74) is 1.32. The fourth-order valence-corrected chi connectivity index (χ4v) is 3.74. The molecule has 2 aliphatic rings. The van der Waals surface area contributed by atoms with Gasteiger partial charge in [0.15, 0.2) is 0 Å². The van der Waals surface area contributed by atoms with Crippen LogP contribution in [-0.2, 0) is 11.3 Å². The monoisotopic (exact) mass is 344 g/mol. The van der Waals surface area contributed by atoms with E-state index >= 15 is 0 Å². The lowest BCUT2D eigenvalue weighted by Crippen LogP contribution is -2.49. The Morgan fingerprint density at radius 2 is 2.00 bits per heavy atom. The van der Waals surface area contributed by atoms with E-state index in [1.54, 1.807) is 11.9 Å². The first kappa shape index (κ1) is 17.7. The second-order valence-electron chi connectivity index (χ2n) is 7.28. The Kier molecular flexibility index (Phi) is 5.58. The van der Waals surface area contributed by atoms with Gasteiger partial charge in [-0.15, -0.1) is 0 Å². The topological polar surface area (TPSA) is 64.7 Å². The molecule has 2 heterocycles. The van der Waals surface area contributed by atoms with Gasteiger partial charge < -0.3 is 15.5 Å². The first-order chi connectivity index (χ1) is 12.0. The summed E-state index contributed by atoms with van der Waals surface area (Å²) in [6.45, 7) is 5.76. The number of nitrogens with zero attached hydrogens (tertiary/aromatic N) is 2. The summed E-state index contributed by atoms with van der Waals surface area (Å²) in [6, 6.07) is 9.95. The zero-order valence-corrected chi connectivity index (χ0v) is 15.1. The van der Waals surface area contributed by atoms with E-state index in [2.05, 4.69) is 46.7 Å². The van der Waals surface area contributed by atoms with E-state index in [4.69, 9.17) is 0 Å². The van der Waals surface area contributed by atoms with Crippen LogP contribution in [0.1, 0.15) is 25.3 Å². The number of likely N-dealkylation sites (tertiary alicyclic amines) is 2. The van der Waals surface area contributed by atoms with Crippen LogP contribution in [0.15, 0.2) is 30.3 Å². The van der Waals surface area contributed by atoms with Gasteiger partial charge in [0.2, 0.25) is 5.91 Å². The third kappa shape index (κ3) is 4.51. The highest BCUT2D eigenvalue weighted by Crippen LogP contribution is 2.21. The quantitative estimate of drug-likeness (QED) is 0.849. The Morgan fingerprint density at radius 1 is 1.24 bits per heavy atom. The molecule has 3 unspecified atom stereocenters. The fraction of sp³-hybridized carbons (Fsp3) is 0.579. The van der Waals surface area contributed by atoms with Crippen molar-refractivity contribution in [2.45, 2.75) is 38.4 Å². The Bertz CT molecular complexity index is 607. The predicted octanol–water partition coefficient (Wildman–Crippen LogP) is 1.43. The predicted molar refractivity (Wildman–Crippen MR) is 97.0 cm³/mol. The van der Waals surface area contributed by atoms with E-state index in [0.29, 0.717) is 18.9 Å². The van der Waals surface area contributed by atoms with E-state index in [1.807, 2.05) is 6.07 Å². The normalized spacial score (nSPS) is 25.2. The van der Waals surface area contributed by atoms with Gasteiger partial charge in [0, 0.05) is 32.7 Å². The molecule has 25 heavy (non-hydrogen) atoms. The summed E-state index contributed by atoms with van der Waals surface area (Å²) >= 11 is 0. The van der Waals surface area contributed by atoms with Crippen molar-refractivity contribution >= 4 is 11.9 Å². The van der Waals surface area contributed by atoms with E-state index in [9.17, 15) is 9.59 Å². The molecule has 0 bridgehead atoms. The molecule has 3 amide bonds. The van der Waals surface area contributed by atoms with Gasteiger partial charge in [-0.1, -0.05) is 30.3 Å². The van der Waals surface area contributed by atoms with Crippen LogP contribution in [0.2, 0.25) is 0 Å². The van der Waals surface area contributed by atoms with Gasteiger partial charge in [-0.3, -0.25) is 9.69 Å². The van der Waals surface area contributed by atoms with Gasteiger partial charge in [-0.2, -0.15) is 0 Å². The number of carbonyl (C=O) groups excluding carboxylic acids is 2. The van der Waals surface area contributed by atoms with E-state index in [1.165, 1.54) is 5.56 Å². The molecular weight excluding hydrogens is 316 g/mol. The maximum atomic E-state index is 12.2. The number of hydrogen-bond donors (Lipinski definition) is 2. The second-order valence-corrected chi connectivity index (χ2v) is 7.28. The fourth-order valence-electron chi connectivity index (χ4n) is 3.74. The standard InChI is InChI=1S/C19H28N4O2/c1-14(20-19(25)21-17-9-10-22(2)18(17)24)16-8-11-23(13-16)12-15-6-4-3-5-7-15/h3-7,14,16-17H,8-13H2,1-2H3,(H2,20,21,25). The van der Waals surface area contributed by atoms with Crippen molar-refractivity contribution < 1.29 is 9.59 Å². The summed E-state index contributed by atoms with van der Waals surface area (Å²) in [7, 11) is 1.77. The van der Waals surface area contributed by atoms with Gasteiger partial charge in [0.05, 0.1) is 0 Å². The van der Waals surface area contributed by atoms with Gasteiger partial charge in [0.1, 0.15) is 6.04 Å². The molecule has 3 rings (SSSR count). The summed E-state index contributed by atoms with van der Waals surface area (Å²) < 4.78 is 0. The number of benzene rings is 1. The highest BCUT2D eigenvalue weighted by Gasteiger charge is 2.32. The van der Waals surface area contributed by atoms with Crippen molar-refractivity contribution in [1.29, 1.82) is 0 Å². The molecule has 1 aromatic carbocycles. The molecule has 6 heteroatoms. The van der Waals surface area contributed by atoms with Crippen LogP contribution in [-0.4, -0.2) is 60.5 Å². The highest BCUT2D eigenvalue weighted by atomic mass is 16.2. The molecule has 2 fully saturated rings. The number of nitrogens with one attached hydrogen (secondary N) is 2. The third-order valence-corrected chi connectivity index (χ3v) is 5.36. The summed E-state index contributed by atoms with van der Waals surface area (Å²) in [6.07, 6.45) is 1.77. The van der Waals surface area contributed by atoms with Crippen LogP contribution < -0.4 is 10.6 Å². The first-order valence-corrected chi connectivity index (χ1v) is 9.11. The second kappa shape index (κ2) is 7.87. The lowest BCUT2D eigenvalue weighted by Gasteiger charge is -2.23. The van der Waals surface area contributed by atoms with Gasteiger partial charge >= 0.3 is 6.03 Å². The molecule has 6 nitrogen and oxygen atoms in total. The molecule has 0 aromatic heterocycles. The molecular formula is C19H28N4O2. The summed E-state index contributed by atoms with van der Waals surface area (Å²) in [4.78, 5) is 28.2. The van der Waals surface area contributed by atoms with Gasteiger partial charge in [-0.25, -0.2) is 4.79 Å². The van der Waals surface area contributed by atoms with Crippen LogP contribution in [0.5, 0.6) is 0 Å². The van der Waals surface area contributed by atoms with Crippen molar-refractivity contribution in [3.8, 4) is 0 Å². The smallest absolute Gasteiger partial charge is 0.315 e. The van der Waals surface area contributed by atoms with Crippen molar-refractivity contribution in [2.24, 2.45) is 5.92 Å².